The monoisotopic (exact) mass is 183 g/mol. The van der Waals surface area contributed by atoms with Gasteiger partial charge in [-0.25, -0.2) is 0 Å². The van der Waals surface area contributed by atoms with Gasteiger partial charge >= 0.3 is 0 Å². The van der Waals surface area contributed by atoms with Gasteiger partial charge in [-0.05, 0) is 13.8 Å². The van der Waals surface area contributed by atoms with Crippen molar-refractivity contribution in [2.75, 3.05) is 5.73 Å². The van der Waals surface area contributed by atoms with Crippen LogP contribution in [0.4, 0.5) is 5.95 Å². The molecule has 0 aliphatic heterocycles. The Balaban J connectivity index is 3.06. The lowest BCUT2D eigenvalue weighted by Crippen LogP contribution is -2.21. The number of nitrogens with two attached hydrogens (primary N) is 1. The third kappa shape index (κ3) is 2.21. The molecule has 0 aliphatic carbocycles. The Hall–Kier alpha value is -1.52. The van der Waals surface area contributed by atoms with Gasteiger partial charge in [0.25, 0.3) is 5.56 Å². The number of anilines is 1. The summed E-state index contributed by atoms with van der Waals surface area (Å²) in [5.74, 6) is 0.429. The van der Waals surface area contributed by atoms with Crippen LogP contribution in [0.2, 0.25) is 0 Å². The van der Waals surface area contributed by atoms with Crippen molar-refractivity contribution >= 4 is 5.95 Å². The molecular weight excluding hydrogens is 170 g/mol. The standard InChI is InChI=1S/C8H13N3O2/c1-5(2)13-6-4-7(12)11(3)8(9)10-6/h4-5H,1-3H3,(H2,9,10). The average molecular weight is 183 g/mol. The van der Waals surface area contributed by atoms with Gasteiger partial charge in [-0.1, -0.05) is 0 Å². The summed E-state index contributed by atoms with van der Waals surface area (Å²) < 4.78 is 6.48. The van der Waals surface area contributed by atoms with Crippen LogP contribution in [0.25, 0.3) is 0 Å². The maximum absolute atomic E-state index is 11.2. The highest BCUT2D eigenvalue weighted by Crippen LogP contribution is 2.06. The molecule has 0 aromatic carbocycles. The smallest absolute Gasteiger partial charge is 0.258 e. The molecule has 1 rings (SSSR count). The molecule has 5 nitrogen and oxygen atoms in total. The zero-order valence-electron chi connectivity index (χ0n) is 7.94. The zero-order chi connectivity index (χ0) is 10.0. The lowest BCUT2D eigenvalue weighted by molar-refractivity contribution is 0.232. The molecule has 1 aromatic rings. The van der Waals surface area contributed by atoms with Crippen molar-refractivity contribution in [3.05, 3.63) is 16.4 Å². The molecule has 72 valence electrons. The van der Waals surface area contributed by atoms with Crippen molar-refractivity contribution in [1.29, 1.82) is 0 Å². The van der Waals surface area contributed by atoms with Crippen LogP contribution >= 0.6 is 0 Å². The van der Waals surface area contributed by atoms with Crippen molar-refractivity contribution in [3.8, 4) is 5.88 Å². The van der Waals surface area contributed by atoms with Crippen molar-refractivity contribution in [2.24, 2.45) is 7.05 Å². The zero-order valence-corrected chi connectivity index (χ0v) is 7.94. The van der Waals surface area contributed by atoms with Crippen molar-refractivity contribution in [1.82, 2.24) is 9.55 Å². The number of hydrogen-bond acceptors (Lipinski definition) is 4. The lowest BCUT2D eigenvalue weighted by Gasteiger charge is -2.09. The second kappa shape index (κ2) is 3.47. The molecule has 0 aliphatic rings. The molecule has 0 amide bonds. The first-order chi connectivity index (χ1) is 6.00. The Labute approximate surface area is 76.2 Å². The van der Waals surface area contributed by atoms with Gasteiger partial charge in [0.1, 0.15) is 0 Å². The van der Waals surface area contributed by atoms with Crippen molar-refractivity contribution < 1.29 is 4.74 Å². The fourth-order valence-electron chi connectivity index (χ4n) is 0.837. The second-order valence-electron chi connectivity index (χ2n) is 3.02. The Bertz CT molecular complexity index is 357. The third-order valence-electron chi connectivity index (χ3n) is 1.50. The molecule has 5 heteroatoms. The van der Waals surface area contributed by atoms with E-state index < -0.39 is 0 Å². The van der Waals surface area contributed by atoms with Gasteiger partial charge in [0, 0.05) is 7.05 Å². The molecule has 2 N–H and O–H groups in total. The second-order valence-corrected chi connectivity index (χ2v) is 3.02. The molecule has 0 saturated heterocycles. The predicted molar refractivity (Wildman–Crippen MR) is 49.7 cm³/mol. The quantitative estimate of drug-likeness (QED) is 0.708. The number of nitrogens with zero attached hydrogens (tertiary/aromatic N) is 2. The summed E-state index contributed by atoms with van der Waals surface area (Å²) in [5, 5.41) is 0. The van der Waals surface area contributed by atoms with E-state index in [-0.39, 0.29) is 23.5 Å². The molecule has 1 heterocycles. The number of hydrogen-bond donors (Lipinski definition) is 1. The van der Waals surface area contributed by atoms with Gasteiger partial charge in [-0.3, -0.25) is 9.36 Å². The van der Waals surface area contributed by atoms with Gasteiger partial charge in [0.2, 0.25) is 11.8 Å². The minimum Gasteiger partial charge on any atom is -0.475 e. The van der Waals surface area contributed by atoms with Crippen LogP contribution in [0.3, 0.4) is 0 Å². The summed E-state index contributed by atoms with van der Waals surface area (Å²) in [5.41, 5.74) is 5.25. The Morgan fingerprint density at radius 2 is 2.23 bits per heavy atom. The molecule has 0 fully saturated rings. The summed E-state index contributed by atoms with van der Waals surface area (Å²) >= 11 is 0. The van der Waals surface area contributed by atoms with Gasteiger partial charge in [-0.2, -0.15) is 4.98 Å². The summed E-state index contributed by atoms with van der Waals surface area (Å²) in [6.07, 6.45) is -0.0148. The summed E-state index contributed by atoms with van der Waals surface area (Å²) in [7, 11) is 1.56. The summed E-state index contributed by atoms with van der Waals surface area (Å²) in [4.78, 5) is 15.1. The van der Waals surface area contributed by atoms with E-state index in [1.165, 1.54) is 10.6 Å². The van der Waals surface area contributed by atoms with E-state index >= 15 is 0 Å². The van der Waals surface area contributed by atoms with E-state index in [1.807, 2.05) is 13.8 Å². The van der Waals surface area contributed by atoms with E-state index in [1.54, 1.807) is 7.05 Å². The van der Waals surface area contributed by atoms with E-state index in [0.29, 0.717) is 0 Å². The summed E-state index contributed by atoms with van der Waals surface area (Å²) in [6, 6.07) is 1.32. The maximum Gasteiger partial charge on any atom is 0.258 e. The Morgan fingerprint density at radius 3 is 2.69 bits per heavy atom. The minimum absolute atomic E-state index is 0.0148. The number of rotatable bonds is 2. The third-order valence-corrected chi connectivity index (χ3v) is 1.50. The highest BCUT2D eigenvalue weighted by Gasteiger charge is 2.04. The molecule has 0 bridgehead atoms. The lowest BCUT2D eigenvalue weighted by atomic mass is 10.5. The van der Waals surface area contributed by atoms with Crippen LogP contribution in [0, 0.1) is 0 Å². The van der Waals surface area contributed by atoms with Crippen LogP contribution in [0.1, 0.15) is 13.8 Å². The van der Waals surface area contributed by atoms with E-state index in [2.05, 4.69) is 4.98 Å². The molecule has 1 aromatic heterocycles. The van der Waals surface area contributed by atoms with Crippen LogP contribution in [-0.4, -0.2) is 15.7 Å². The molecular formula is C8H13N3O2. The van der Waals surface area contributed by atoms with Gasteiger partial charge < -0.3 is 10.5 Å². The van der Waals surface area contributed by atoms with Crippen molar-refractivity contribution in [2.45, 2.75) is 20.0 Å². The van der Waals surface area contributed by atoms with Crippen LogP contribution in [0.15, 0.2) is 10.9 Å². The van der Waals surface area contributed by atoms with Crippen LogP contribution in [-0.2, 0) is 7.05 Å². The van der Waals surface area contributed by atoms with Gasteiger partial charge in [-0.15, -0.1) is 0 Å². The number of nitrogen functional groups attached to an aromatic ring is 1. The van der Waals surface area contributed by atoms with Gasteiger partial charge in [0.15, 0.2) is 0 Å². The maximum atomic E-state index is 11.2. The number of aromatic nitrogens is 2. The fraction of sp³-hybridized carbons (Fsp3) is 0.500. The first-order valence-electron chi connectivity index (χ1n) is 4.01. The van der Waals surface area contributed by atoms with E-state index in [9.17, 15) is 4.79 Å². The molecule has 0 radical (unpaired) electrons. The van der Waals surface area contributed by atoms with E-state index in [0.717, 1.165) is 0 Å². The Morgan fingerprint density at radius 1 is 1.62 bits per heavy atom. The molecule has 0 unspecified atom stereocenters. The highest BCUT2D eigenvalue weighted by atomic mass is 16.5. The molecule has 0 spiro atoms. The molecule has 0 saturated carbocycles. The van der Waals surface area contributed by atoms with Crippen LogP contribution in [0.5, 0.6) is 5.88 Å². The van der Waals surface area contributed by atoms with Crippen molar-refractivity contribution in [3.63, 3.8) is 0 Å². The SMILES string of the molecule is CC(C)Oc1cc(=O)n(C)c(N)n1. The van der Waals surface area contributed by atoms with Crippen LogP contribution < -0.4 is 16.0 Å². The average Bonchev–Trinajstić information content (AvgIpc) is 1.98. The molecule has 0 atom stereocenters. The topological polar surface area (TPSA) is 70.1 Å². The highest BCUT2D eigenvalue weighted by molar-refractivity contribution is 5.23. The normalized spacial score (nSPS) is 10.5. The van der Waals surface area contributed by atoms with Gasteiger partial charge in [0.05, 0.1) is 12.2 Å². The first-order valence-corrected chi connectivity index (χ1v) is 4.01. The fourth-order valence-corrected chi connectivity index (χ4v) is 0.837. The molecule has 13 heavy (non-hydrogen) atoms. The largest absolute Gasteiger partial charge is 0.475 e. The van der Waals surface area contributed by atoms with E-state index in [4.69, 9.17) is 10.5 Å². The predicted octanol–water partition coefficient (Wildman–Crippen LogP) is 0.150. The minimum atomic E-state index is -0.219. The first kappa shape index (κ1) is 9.57. The number of ether oxygens (including phenoxy) is 1. The Kier molecular flexibility index (Phi) is 2.55. The summed E-state index contributed by atoms with van der Waals surface area (Å²) in [6.45, 7) is 3.71.